The maximum absolute atomic E-state index is 5.87. The quantitative estimate of drug-likeness (QED) is 0.807. The van der Waals surface area contributed by atoms with Gasteiger partial charge in [0.05, 0.1) is 24.2 Å². The second-order valence-electron chi connectivity index (χ2n) is 4.22. The summed E-state index contributed by atoms with van der Waals surface area (Å²) in [5.41, 5.74) is 10.7. The zero-order valence-corrected chi connectivity index (χ0v) is 10.6. The molecule has 0 aliphatic carbocycles. The lowest BCUT2D eigenvalue weighted by atomic mass is 10.1. The minimum Gasteiger partial charge on any atom is -0.495 e. The molecule has 0 saturated carbocycles. The highest BCUT2D eigenvalue weighted by atomic mass is 16.5. The monoisotopic (exact) mass is 231 g/mol. The number of hydrogen-bond acceptors (Lipinski definition) is 3. The van der Waals surface area contributed by atoms with Gasteiger partial charge in [-0.2, -0.15) is 5.10 Å². The third kappa shape index (κ3) is 1.98. The van der Waals surface area contributed by atoms with E-state index in [1.807, 2.05) is 43.7 Å². The Morgan fingerprint density at radius 1 is 1.18 bits per heavy atom. The summed E-state index contributed by atoms with van der Waals surface area (Å²) in [6.07, 6.45) is 0. The van der Waals surface area contributed by atoms with E-state index in [9.17, 15) is 0 Å². The Kier molecular flexibility index (Phi) is 2.79. The summed E-state index contributed by atoms with van der Waals surface area (Å²) in [7, 11) is 1.62. The Morgan fingerprint density at radius 2 is 1.88 bits per heavy atom. The molecule has 0 saturated heterocycles. The van der Waals surface area contributed by atoms with Gasteiger partial charge in [0.25, 0.3) is 0 Å². The number of aromatic nitrogens is 2. The van der Waals surface area contributed by atoms with Crippen LogP contribution >= 0.6 is 0 Å². The maximum Gasteiger partial charge on any atom is 0.143 e. The zero-order chi connectivity index (χ0) is 12.6. The molecule has 17 heavy (non-hydrogen) atoms. The highest BCUT2D eigenvalue weighted by molar-refractivity contribution is 5.61. The Balaban J connectivity index is 2.63. The van der Waals surface area contributed by atoms with E-state index < -0.39 is 0 Å². The number of anilines is 1. The standard InChI is InChI=1S/C13H17N3O/c1-8-5-11(14)13(17-4)7-12(8)16-10(3)6-9(2)15-16/h5-7H,14H2,1-4H3. The molecule has 0 aliphatic rings. The van der Waals surface area contributed by atoms with E-state index in [1.54, 1.807) is 7.11 Å². The Bertz CT molecular complexity index is 558. The van der Waals surface area contributed by atoms with Crippen molar-refractivity contribution in [1.82, 2.24) is 9.78 Å². The second kappa shape index (κ2) is 4.13. The van der Waals surface area contributed by atoms with Gasteiger partial charge < -0.3 is 10.5 Å². The maximum atomic E-state index is 5.87. The van der Waals surface area contributed by atoms with Crippen LogP contribution in [0.25, 0.3) is 5.69 Å². The molecule has 1 aromatic carbocycles. The summed E-state index contributed by atoms with van der Waals surface area (Å²) >= 11 is 0. The van der Waals surface area contributed by atoms with Crippen LogP contribution in [0, 0.1) is 20.8 Å². The van der Waals surface area contributed by atoms with Crippen molar-refractivity contribution in [3.05, 3.63) is 35.2 Å². The lowest BCUT2D eigenvalue weighted by Gasteiger charge is -2.12. The number of rotatable bonds is 2. The van der Waals surface area contributed by atoms with Gasteiger partial charge in [0.15, 0.2) is 0 Å². The highest BCUT2D eigenvalue weighted by Gasteiger charge is 2.10. The molecule has 90 valence electrons. The summed E-state index contributed by atoms with van der Waals surface area (Å²) in [6, 6.07) is 5.87. The van der Waals surface area contributed by atoms with Gasteiger partial charge >= 0.3 is 0 Å². The van der Waals surface area contributed by atoms with Gasteiger partial charge in [-0.1, -0.05) is 0 Å². The summed E-state index contributed by atoms with van der Waals surface area (Å²) < 4.78 is 7.15. The first kappa shape index (κ1) is 11.5. The first-order valence-electron chi connectivity index (χ1n) is 5.50. The number of nitrogens with zero attached hydrogens (tertiary/aromatic N) is 2. The van der Waals surface area contributed by atoms with Crippen LogP contribution in [0.2, 0.25) is 0 Å². The number of hydrogen-bond donors (Lipinski definition) is 1. The third-order valence-corrected chi connectivity index (χ3v) is 2.79. The molecule has 2 rings (SSSR count). The molecular weight excluding hydrogens is 214 g/mol. The normalized spacial score (nSPS) is 10.6. The number of methoxy groups -OCH3 is 1. The molecule has 0 fully saturated rings. The van der Waals surface area contributed by atoms with Crippen LogP contribution in [0.3, 0.4) is 0 Å². The van der Waals surface area contributed by atoms with Crippen molar-refractivity contribution < 1.29 is 4.74 Å². The van der Waals surface area contributed by atoms with Crippen LogP contribution in [0.15, 0.2) is 18.2 Å². The number of nitrogens with two attached hydrogens (primary N) is 1. The molecule has 4 heteroatoms. The summed E-state index contributed by atoms with van der Waals surface area (Å²) in [5, 5.41) is 4.47. The average Bonchev–Trinajstić information content (AvgIpc) is 2.58. The molecule has 0 spiro atoms. The van der Waals surface area contributed by atoms with Crippen molar-refractivity contribution in [2.75, 3.05) is 12.8 Å². The van der Waals surface area contributed by atoms with Crippen LogP contribution < -0.4 is 10.5 Å². The summed E-state index contributed by atoms with van der Waals surface area (Å²) in [5.74, 6) is 0.679. The Labute approximate surface area is 101 Å². The van der Waals surface area contributed by atoms with Crippen LogP contribution in [0.1, 0.15) is 17.0 Å². The number of benzene rings is 1. The molecule has 0 amide bonds. The van der Waals surface area contributed by atoms with Crippen molar-refractivity contribution in [1.29, 1.82) is 0 Å². The number of ether oxygens (including phenoxy) is 1. The molecule has 0 atom stereocenters. The highest BCUT2D eigenvalue weighted by Crippen LogP contribution is 2.28. The van der Waals surface area contributed by atoms with E-state index >= 15 is 0 Å². The molecule has 4 nitrogen and oxygen atoms in total. The van der Waals surface area contributed by atoms with Crippen molar-refractivity contribution >= 4 is 5.69 Å². The van der Waals surface area contributed by atoms with E-state index in [2.05, 4.69) is 5.10 Å². The van der Waals surface area contributed by atoms with Gasteiger partial charge in [-0.05, 0) is 38.5 Å². The van der Waals surface area contributed by atoms with Crippen LogP contribution in [-0.2, 0) is 0 Å². The molecule has 0 aliphatic heterocycles. The second-order valence-corrected chi connectivity index (χ2v) is 4.22. The topological polar surface area (TPSA) is 53.1 Å². The van der Waals surface area contributed by atoms with Crippen molar-refractivity contribution in [3.63, 3.8) is 0 Å². The van der Waals surface area contributed by atoms with Gasteiger partial charge in [0, 0.05) is 11.8 Å². The smallest absolute Gasteiger partial charge is 0.143 e. The van der Waals surface area contributed by atoms with Crippen molar-refractivity contribution in [3.8, 4) is 11.4 Å². The zero-order valence-electron chi connectivity index (χ0n) is 10.6. The van der Waals surface area contributed by atoms with Crippen LogP contribution in [0.5, 0.6) is 5.75 Å². The van der Waals surface area contributed by atoms with Gasteiger partial charge in [-0.25, -0.2) is 4.68 Å². The first-order chi connectivity index (χ1) is 8.02. The minimum atomic E-state index is 0.648. The van der Waals surface area contributed by atoms with Gasteiger partial charge in [0.1, 0.15) is 5.75 Å². The van der Waals surface area contributed by atoms with E-state index in [0.717, 1.165) is 22.6 Å². The van der Waals surface area contributed by atoms with E-state index in [4.69, 9.17) is 10.5 Å². The summed E-state index contributed by atoms with van der Waals surface area (Å²) in [4.78, 5) is 0. The first-order valence-corrected chi connectivity index (χ1v) is 5.50. The fourth-order valence-corrected chi connectivity index (χ4v) is 1.98. The van der Waals surface area contributed by atoms with E-state index in [1.165, 1.54) is 0 Å². The van der Waals surface area contributed by atoms with Crippen LogP contribution in [0.4, 0.5) is 5.69 Å². The lowest BCUT2D eigenvalue weighted by molar-refractivity contribution is 0.416. The number of aryl methyl sites for hydroxylation is 3. The summed E-state index contributed by atoms with van der Waals surface area (Å²) in [6.45, 7) is 6.03. The van der Waals surface area contributed by atoms with Gasteiger partial charge in [-0.15, -0.1) is 0 Å². The molecular formula is C13H17N3O. The predicted molar refractivity (Wildman–Crippen MR) is 68.7 cm³/mol. The molecule has 2 N–H and O–H groups in total. The van der Waals surface area contributed by atoms with E-state index in [0.29, 0.717) is 11.4 Å². The fraction of sp³-hybridized carbons (Fsp3) is 0.308. The van der Waals surface area contributed by atoms with Crippen molar-refractivity contribution in [2.45, 2.75) is 20.8 Å². The number of nitrogen functional groups attached to an aromatic ring is 1. The molecule has 0 bridgehead atoms. The molecule has 1 heterocycles. The predicted octanol–water partition coefficient (Wildman–Crippen LogP) is 2.39. The Morgan fingerprint density at radius 3 is 2.41 bits per heavy atom. The van der Waals surface area contributed by atoms with Crippen LogP contribution in [-0.4, -0.2) is 16.9 Å². The molecule has 1 aromatic heterocycles. The minimum absolute atomic E-state index is 0.648. The molecule has 2 aromatic rings. The van der Waals surface area contributed by atoms with Gasteiger partial charge in [0.2, 0.25) is 0 Å². The molecule has 0 radical (unpaired) electrons. The SMILES string of the molecule is COc1cc(-n2nc(C)cc2C)c(C)cc1N. The lowest BCUT2D eigenvalue weighted by Crippen LogP contribution is -2.03. The van der Waals surface area contributed by atoms with Crippen molar-refractivity contribution in [2.24, 2.45) is 0 Å². The average molecular weight is 231 g/mol. The van der Waals surface area contributed by atoms with Gasteiger partial charge in [-0.3, -0.25) is 0 Å². The fourth-order valence-electron chi connectivity index (χ4n) is 1.98. The molecule has 0 unspecified atom stereocenters. The Hall–Kier alpha value is -1.97. The van der Waals surface area contributed by atoms with E-state index in [-0.39, 0.29) is 0 Å². The largest absolute Gasteiger partial charge is 0.495 e. The third-order valence-electron chi connectivity index (χ3n) is 2.79.